The number of nitrogens with two attached hydrogens (primary N) is 1. The molecule has 0 bridgehead atoms. The molecule has 0 spiro atoms. The number of halogens is 6. The molecule has 58 heavy (non-hydrogen) atoms. The number of imidazole rings is 2. The molecular formula is C37H34F6N10O4S. The van der Waals surface area contributed by atoms with Crippen molar-refractivity contribution >= 4 is 32.1 Å². The summed E-state index contributed by atoms with van der Waals surface area (Å²) < 4.78 is 119. The van der Waals surface area contributed by atoms with E-state index in [-0.39, 0.29) is 71.6 Å². The lowest BCUT2D eigenvalue weighted by atomic mass is 10.1. The summed E-state index contributed by atoms with van der Waals surface area (Å²) in [5.74, 6) is -0.639. The zero-order valence-corrected chi connectivity index (χ0v) is 31.8. The Labute approximate surface area is 327 Å². The molecule has 0 amide bonds. The number of rotatable bonds is 12. The average Bonchev–Trinajstić information content (AvgIpc) is 3.74. The van der Waals surface area contributed by atoms with E-state index < -0.39 is 33.5 Å². The standard InChI is InChI=1S/C19H18F3N5O3S.C18H16F3N5O/c1-27-11-24-18-15(10-23)26-14(9-16(18)27)12-4-5-17(13(8-12)19(20,21)22)30-7-3-6-25-31(2,28)29;1-26-10-24-17-14(9-23)25-13(8-15(17)26)11-3-4-16(27-6-2-5-22)12(7-11)18(19,20)21/h4-5,8-9,11,25H,3,6-7H2,1-2H3;3-4,7-8,10H,2,5-6,22H2,1H3. The zero-order chi connectivity index (χ0) is 42.4. The maximum absolute atomic E-state index is 13.6. The Morgan fingerprint density at radius 2 is 1.17 bits per heavy atom. The van der Waals surface area contributed by atoms with Gasteiger partial charge in [0.1, 0.15) is 34.7 Å². The smallest absolute Gasteiger partial charge is 0.419 e. The molecule has 4 aromatic heterocycles. The van der Waals surface area contributed by atoms with E-state index in [0.29, 0.717) is 35.0 Å². The highest BCUT2D eigenvalue weighted by atomic mass is 32.2. The average molecular weight is 829 g/mol. The van der Waals surface area contributed by atoms with Crippen molar-refractivity contribution in [1.29, 1.82) is 10.5 Å². The van der Waals surface area contributed by atoms with Crippen LogP contribution in [0.3, 0.4) is 0 Å². The zero-order valence-electron chi connectivity index (χ0n) is 31.0. The first kappa shape index (κ1) is 42.8. The predicted octanol–water partition coefficient (Wildman–Crippen LogP) is 6.10. The molecule has 0 saturated heterocycles. The fourth-order valence-corrected chi connectivity index (χ4v) is 6.07. The lowest BCUT2D eigenvalue weighted by Gasteiger charge is -2.15. The number of hydrogen-bond acceptors (Lipinski definition) is 11. The van der Waals surface area contributed by atoms with Gasteiger partial charge in [-0.25, -0.2) is 33.1 Å². The Hall–Kier alpha value is -6.29. The quantitative estimate of drug-likeness (QED) is 0.107. The van der Waals surface area contributed by atoms with Gasteiger partial charge in [0.2, 0.25) is 10.0 Å². The number of pyridine rings is 2. The number of benzene rings is 2. The summed E-state index contributed by atoms with van der Waals surface area (Å²) in [7, 11) is 0.0585. The maximum Gasteiger partial charge on any atom is 0.419 e. The van der Waals surface area contributed by atoms with Crippen molar-refractivity contribution in [3.05, 3.63) is 83.7 Å². The maximum atomic E-state index is 13.6. The SMILES string of the molecule is Cn1cnc2c(C#N)nc(-c3ccc(OCCCN)c(C(F)(F)F)c3)cc21.Cn1cnc2c(C#N)nc(-c3ccc(OCCCNS(C)(=O)=O)c(C(F)(F)F)c3)cc21. The molecule has 2 aromatic carbocycles. The van der Waals surface area contributed by atoms with Crippen LogP contribution in [-0.2, 0) is 36.5 Å². The van der Waals surface area contributed by atoms with Gasteiger partial charge in [-0.1, -0.05) is 0 Å². The van der Waals surface area contributed by atoms with Crippen LogP contribution in [-0.4, -0.2) is 70.0 Å². The summed E-state index contributed by atoms with van der Waals surface area (Å²) in [5.41, 5.74) is 6.31. The van der Waals surface area contributed by atoms with Gasteiger partial charge < -0.3 is 24.3 Å². The first-order chi connectivity index (χ1) is 27.3. The molecule has 6 aromatic rings. The third kappa shape index (κ3) is 10.2. The summed E-state index contributed by atoms with van der Waals surface area (Å²) in [5, 5.41) is 18.6. The van der Waals surface area contributed by atoms with Crippen LogP contribution in [0.15, 0.2) is 61.2 Å². The van der Waals surface area contributed by atoms with Crippen molar-refractivity contribution in [3.8, 4) is 46.2 Å². The minimum atomic E-state index is -4.69. The van der Waals surface area contributed by atoms with Crippen molar-refractivity contribution in [2.75, 3.05) is 32.6 Å². The highest BCUT2D eigenvalue weighted by Gasteiger charge is 2.36. The van der Waals surface area contributed by atoms with Crippen molar-refractivity contribution in [2.24, 2.45) is 19.8 Å². The molecule has 0 unspecified atom stereocenters. The number of nitrogens with zero attached hydrogens (tertiary/aromatic N) is 8. The highest BCUT2D eigenvalue weighted by Crippen LogP contribution is 2.40. The van der Waals surface area contributed by atoms with Gasteiger partial charge >= 0.3 is 12.4 Å². The van der Waals surface area contributed by atoms with Crippen molar-refractivity contribution < 1.29 is 44.2 Å². The van der Waals surface area contributed by atoms with Gasteiger partial charge in [-0.05, 0) is 67.9 Å². The van der Waals surface area contributed by atoms with E-state index in [2.05, 4.69) is 24.7 Å². The molecule has 304 valence electrons. The monoisotopic (exact) mass is 828 g/mol. The van der Waals surface area contributed by atoms with E-state index >= 15 is 0 Å². The molecule has 0 radical (unpaired) electrons. The Morgan fingerprint density at radius 1 is 0.741 bits per heavy atom. The van der Waals surface area contributed by atoms with Gasteiger partial charge in [0.05, 0.1) is 65.7 Å². The lowest BCUT2D eigenvalue weighted by molar-refractivity contribution is -0.139. The first-order valence-corrected chi connectivity index (χ1v) is 19.0. The molecule has 6 rings (SSSR count). The molecule has 0 aliphatic rings. The van der Waals surface area contributed by atoms with Crippen LogP contribution in [0.5, 0.6) is 11.5 Å². The van der Waals surface area contributed by atoms with E-state index in [1.807, 2.05) is 12.1 Å². The van der Waals surface area contributed by atoms with Gasteiger partial charge in [0.25, 0.3) is 0 Å². The molecule has 0 saturated carbocycles. The Morgan fingerprint density at radius 3 is 1.55 bits per heavy atom. The number of aryl methyl sites for hydroxylation is 2. The molecule has 0 fully saturated rings. The largest absolute Gasteiger partial charge is 0.493 e. The van der Waals surface area contributed by atoms with E-state index in [9.17, 15) is 45.3 Å². The third-order valence-electron chi connectivity index (χ3n) is 8.35. The molecule has 3 N–H and O–H groups in total. The van der Waals surface area contributed by atoms with E-state index in [0.717, 1.165) is 18.4 Å². The van der Waals surface area contributed by atoms with Crippen LogP contribution in [0.1, 0.15) is 35.4 Å². The summed E-state index contributed by atoms with van der Waals surface area (Å²) >= 11 is 0. The Kier molecular flexibility index (Phi) is 12.9. The number of alkyl halides is 6. The minimum Gasteiger partial charge on any atom is -0.493 e. The van der Waals surface area contributed by atoms with Gasteiger partial charge in [-0.15, -0.1) is 0 Å². The van der Waals surface area contributed by atoms with E-state index in [1.165, 1.54) is 36.9 Å². The third-order valence-corrected chi connectivity index (χ3v) is 9.08. The van der Waals surface area contributed by atoms with Gasteiger partial charge in [0.15, 0.2) is 11.4 Å². The van der Waals surface area contributed by atoms with Crippen LogP contribution < -0.4 is 19.9 Å². The molecular weight excluding hydrogens is 795 g/mol. The van der Waals surface area contributed by atoms with Crippen LogP contribution >= 0.6 is 0 Å². The first-order valence-electron chi connectivity index (χ1n) is 17.1. The Balaban J connectivity index is 0.000000223. The number of hydrogen-bond donors (Lipinski definition) is 2. The number of nitriles is 2. The molecule has 21 heteroatoms. The summed E-state index contributed by atoms with van der Waals surface area (Å²) in [6.45, 7) is 0.355. The summed E-state index contributed by atoms with van der Waals surface area (Å²) in [6, 6.07) is 14.3. The number of aromatic nitrogens is 6. The number of ether oxygens (including phenoxy) is 2. The second-order valence-corrected chi connectivity index (χ2v) is 14.5. The normalized spacial score (nSPS) is 11.9. The molecule has 0 aliphatic heterocycles. The number of fused-ring (bicyclic) bond motifs is 2. The predicted molar refractivity (Wildman–Crippen MR) is 199 cm³/mol. The summed E-state index contributed by atoms with van der Waals surface area (Å²) in [4.78, 5) is 16.5. The van der Waals surface area contributed by atoms with Crippen molar-refractivity contribution in [3.63, 3.8) is 0 Å². The van der Waals surface area contributed by atoms with Gasteiger partial charge in [-0.2, -0.15) is 36.9 Å². The fraction of sp³-hybridized carbons (Fsp3) is 0.297. The molecule has 0 aliphatic carbocycles. The molecule has 4 heterocycles. The number of nitrogens with one attached hydrogen (secondary N) is 1. The highest BCUT2D eigenvalue weighted by molar-refractivity contribution is 7.88. The van der Waals surface area contributed by atoms with Crippen LogP contribution in [0, 0.1) is 22.7 Å². The van der Waals surface area contributed by atoms with Crippen LogP contribution in [0.25, 0.3) is 44.6 Å². The van der Waals surface area contributed by atoms with Gasteiger partial charge in [0, 0.05) is 31.8 Å². The Bertz CT molecular complexity index is 2650. The number of sulfonamides is 1. The second-order valence-electron chi connectivity index (χ2n) is 12.7. The van der Waals surface area contributed by atoms with E-state index in [1.54, 1.807) is 35.4 Å². The minimum absolute atomic E-state index is 0.0142. The topological polar surface area (TPSA) is 200 Å². The summed E-state index contributed by atoms with van der Waals surface area (Å²) in [6.07, 6.45) is -4.64. The molecule has 14 nitrogen and oxygen atoms in total. The lowest BCUT2D eigenvalue weighted by Crippen LogP contribution is -2.24. The van der Waals surface area contributed by atoms with Crippen LogP contribution in [0.4, 0.5) is 26.3 Å². The van der Waals surface area contributed by atoms with Crippen molar-refractivity contribution in [1.82, 2.24) is 33.8 Å². The van der Waals surface area contributed by atoms with E-state index in [4.69, 9.17) is 15.2 Å². The fourth-order valence-electron chi connectivity index (χ4n) is 5.56. The second kappa shape index (κ2) is 17.5. The molecule has 0 atom stereocenters. The van der Waals surface area contributed by atoms with Crippen molar-refractivity contribution in [2.45, 2.75) is 25.2 Å². The van der Waals surface area contributed by atoms with Crippen LogP contribution in [0.2, 0.25) is 0 Å². The van der Waals surface area contributed by atoms with Gasteiger partial charge in [-0.3, -0.25) is 0 Å².